The molecule has 92 valence electrons. The monoisotopic (exact) mass is 228 g/mol. The fourth-order valence-electron chi connectivity index (χ4n) is 1.97. The Bertz CT molecular complexity index is 302. The smallest absolute Gasteiger partial charge is 0.308 e. The predicted octanol–water partition coefficient (Wildman–Crippen LogP) is 0.150. The Labute approximate surface area is 95.6 Å². The van der Waals surface area contributed by atoms with Gasteiger partial charge in [-0.05, 0) is 19.8 Å². The van der Waals surface area contributed by atoms with Crippen LogP contribution in [-0.2, 0) is 9.59 Å². The number of nitrogens with zero attached hydrogens (tertiary/aromatic N) is 1. The van der Waals surface area contributed by atoms with Crippen molar-refractivity contribution in [3.8, 4) is 0 Å². The molecule has 0 saturated carbocycles. The van der Waals surface area contributed by atoms with Gasteiger partial charge in [0.25, 0.3) is 0 Å². The van der Waals surface area contributed by atoms with Gasteiger partial charge < -0.3 is 15.7 Å². The van der Waals surface area contributed by atoms with Crippen molar-refractivity contribution in [1.82, 2.24) is 4.90 Å². The van der Waals surface area contributed by atoms with E-state index in [2.05, 4.69) is 0 Å². The lowest BCUT2D eigenvalue weighted by atomic mass is 9.92. The lowest BCUT2D eigenvalue weighted by molar-refractivity contribution is -0.143. The van der Waals surface area contributed by atoms with E-state index in [0.29, 0.717) is 13.1 Å². The molecule has 1 aliphatic rings. The highest BCUT2D eigenvalue weighted by atomic mass is 16.4. The number of hydrogen-bond donors (Lipinski definition) is 2. The predicted molar refractivity (Wildman–Crippen MR) is 59.7 cm³/mol. The van der Waals surface area contributed by atoms with Crippen LogP contribution in [0.5, 0.6) is 0 Å². The van der Waals surface area contributed by atoms with Gasteiger partial charge in [-0.3, -0.25) is 9.59 Å². The fraction of sp³-hybridized carbons (Fsp3) is 0.818. The Morgan fingerprint density at radius 1 is 1.44 bits per heavy atom. The largest absolute Gasteiger partial charge is 0.481 e. The second-order valence-corrected chi connectivity index (χ2v) is 5.22. The van der Waals surface area contributed by atoms with E-state index in [1.54, 1.807) is 18.7 Å². The Balaban J connectivity index is 2.72. The summed E-state index contributed by atoms with van der Waals surface area (Å²) in [4.78, 5) is 24.6. The van der Waals surface area contributed by atoms with Gasteiger partial charge in [0, 0.05) is 19.6 Å². The van der Waals surface area contributed by atoms with Crippen molar-refractivity contribution < 1.29 is 14.7 Å². The van der Waals surface area contributed by atoms with E-state index >= 15 is 0 Å². The zero-order chi connectivity index (χ0) is 12.5. The first-order valence-electron chi connectivity index (χ1n) is 5.52. The molecular weight excluding hydrogens is 208 g/mol. The maximum Gasteiger partial charge on any atom is 0.308 e. The van der Waals surface area contributed by atoms with E-state index in [4.69, 9.17) is 10.8 Å². The molecule has 1 fully saturated rings. The molecule has 1 rings (SSSR count). The minimum absolute atomic E-state index is 0.00928. The number of rotatable bonds is 3. The molecule has 5 heteroatoms. The van der Waals surface area contributed by atoms with Gasteiger partial charge in [-0.25, -0.2) is 0 Å². The molecule has 0 aromatic carbocycles. The van der Waals surface area contributed by atoms with Crippen molar-refractivity contribution in [2.24, 2.45) is 23.0 Å². The van der Waals surface area contributed by atoms with Gasteiger partial charge in [0.15, 0.2) is 0 Å². The lowest BCUT2D eigenvalue weighted by Gasteiger charge is -2.27. The highest BCUT2D eigenvalue weighted by molar-refractivity contribution is 5.83. The van der Waals surface area contributed by atoms with E-state index in [-0.39, 0.29) is 18.4 Å². The van der Waals surface area contributed by atoms with Gasteiger partial charge in [-0.2, -0.15) is 0 Å². The first-order chi connectivity index (χ1) is 7.29. The standard InChI is InChI=1S/C11H20N2O3/c1-7-4-13(5-8(7)9(14)15)10(16)11(2,3)6-12/h7-8H,4-6,12H2,1-3H3,(H,14,15)/t7-,8-/m1/s1. The van der Waals surface area contributed by atoms with Crippen LogP contribution in [0.2, 0.25) is 0 Å². The van der Waals surface area contributed by atoms with Gasteiger partial charge in [-0.1, -0.05) is 6.92 Å². The van der Waals surface area contributed by atoms with E-state index in [9.17, 15) is 9.59 Å². The van der Waals surface area contributed by atoms with Crippen LogP contribution in [0.25, 0.3) is 0 Å². The van der Waals surface area contributed by atoms with E-state index in [1.165, 1.54) is 0 Å². The van der Waals surface area contributed by atoms with Crippen LogP contribution >= 0.6 is 0 Å². The average molecular weight is 228 g/mol. The normalized spacial score (nSPS) is 25.9. The number of carboxylic acids is 1. The van der Waals surface area contributed by atoms with E-state index in [0.717, 1.165) is 0 Å². The van der Waals surface area contributed by atoms with Gasteiger partial charge in [-0.15, -0.1) is 0 Å². The summed E-state index contributed by atoms with van der Waals surface area (Å²) in [6.07, 6.45) is 0. The topological polar surface area (TPSA) is 83.6 Å². The maximum atomic E-state index is 12.1. The minimum atomic E-state index is -0.826. The summed E-state index contributed by atoms with van der Waals surface area (Å²) in [6, 6.07) is 0. The van der Waals surface area contributed by atoms with Crippen LogP contribution in [0.1, 0.15) is 20.8 Å². The molecule has 3 N–H and O–H groups in total. The molecule has 0 radical (unpaired) electrons. The molecule has 5 nitrogen and oxygen atoms in total. The summed E-state index contributed by atoms with van der Waals surface area (Å²) in [5, 5.41) is 8.98. The third-order valence-corrected chi connectivity index (χ3v) is 3.31. The number of aliphatic carboxylic acids is 1. The summed E-state index contributed by atoms with van der Waals surface area (Å²) in [6.45, 7) is 6.52. The second kappa shape index (κ2) is 4.41. The van der Waals surface area contributed by atoms with Crippen LogP contribution in [0.15, 0.2) is 0 Å². The summed E-state index contributed by atoms with van der Waals surface area (Å²) in [7, 11) is 0. The number of likely N-dealkylation sites (tertiary alicyclic amines) is 1. The summed E-state index contributed by atoms with van der Waals surface area (Å²) < 4.78 is 0. The maximum absolute atomic E-state index is 12.1. The quantitative estimate of drug-likeness (QED) is 0.720. The zero-order valence-electron chi connectivity index (χ0n) is 10.1. The number of amides is 1. The molecule has 0 bridgehead atoms. The molecule has 0 unspecified atom stereocenters. The SMILES string of the molecule is C[C@@H]1CN(C(=O)C(C)(C)CN)C[C@H]1C(=O)O. The summed E-state index contributed by atoms with van der Waals surface area (Å²) >= 11 is 0. The molecule has 0 aromatic heterocycles. The van der Waals surface area contributed by atoms with Crippen molar-refractivity contribution in [3.63, 3.8) is 0 Å². The molecule has 16 heavy (non-hydrogen) atoms. The van der Waals surface area contributed by atoms with Crippen molar-refractivity contribution in [1.29, 1.82) is 0 Å². The van der Waals surface area contributed by atoms with Crippen LogP contribution in [0.4, 0.5) is 0 Å². The van der Waals surface area contributed by atoms with Crippen LogP contribution in [0, 0.1) is 17.3 Å². The van der Waals surface area contributed by atoms with E-state index in [1.807, 2.05) is 6.92 Å². The third-order valence-electron chi connectivity index (χ3n) is 3.31. The molecular formula is C11H20N2O3. The number of nitrogens with two attached hydrogens (primary N) is 1. The van der Waals surface area contributed by atoms with Gasteiger partial charge >= 0.3 is 5.97 Å². The fourth-order valence-corrected chi connectivity index (χ4v) is 1.97. The number of hydrogen-bond acceptors (Lipinski definition) is 3. The van der Waals surface area contributed by atoms with E-state index < -0.39 is 17.3 Å². The Hall–Kier alpha value is -1.10. The molecule has 0 spiro atoms. The number of carbonyl (C=O) groups is 2. The lowest BCUT2D eigenvalue weighted by Crippen LogP contribution is -2.44. The van der Waals surface area contributed by atoms with Crippen LogP contribution < -0.4 is 5.73 Å². The average Bonchev–Trinajstić information content (AvgIpc) is 2.59. The highest BCUT2D eigenvalue weighted by Gasteiger charge is 2.40. The van der Waals surface area contributed by atoms with Gasteiger partial charge in [0.2, 0.25) is 5.91 Å². The van der Waals surface area contributed by atoms with Gasteiger partial charge in [0.05, 0.1) is 11.3 Å². The third kappa shape index (κ3) is 2.35. The molecule has 2 atom stereocenters. The first kappa shape index (κ1) is 13.0. The van der Waals surface area contributed by atoms with Gasteiger partial charge in [0.1, 0.15) is 0 Å². The number of carbonyl (C=O) groups excluding carboxylic acids is 1. The molecule has 1 heterocycles. The molecule has 0 aromatic rings. The summed E-state index contributed by atoms with van der Waals surface area (Å²) in [5.41, 5.74) is 4.94. The van der Waals surface area contributed by atoms with Crippen LogP contribution in [0.3, 0.4) is 0 Å². The summed E-state index contributed by atoms with van der Waals surface area (Å²) in [5.74, 6) is -1.31. The molecule has 1 aliphatic heterocycles. The Morgan fingerprint density at radius 3 is 2.38 bits per heavy atom. The van der Waals surface area contributed by atoms with Crippen molar-refractivity contribution >= 4 is 11.9 Å². The van der Waals surface area contributed by atoms with Crippen molar-refractivity contribution in [3.05, 3.63) is 0 Å². The minimum Gasteiger partial charge on any atom is -0.481 e. The Morgan fingerprint density at radius 2 is 2.00 bits per heavy atom. The first-order valence-corrected chi connectivity index (χ1v) is 5.52. The molecule has 1 amide bonds. The van der Waals surface area contributed by atoms with Crippen molar-refractivity contribution in [2.75, 3.05) is 19.6 Å². The molecule has 0 aliphatic carbocycles. The zero-order valence-corrected chi connectivity index (χ0v) is 10.1. The van der Waals surface area contributed by atoms with Crippen LogP contribution in [-0.4, -0.2) is 41.5 Å². The Kier molecular flexibility index (Phi) is 3.57. The number of carboxylic acid groups (broad SMARTS) is 1. The molecule has 1 saturated heterocycles. The second-order valence-electron chi connectivity index (χ2n) is 5.22. The highest BCUT2D eigenvalue weighted by Crippen LogP contribution is 2.27. The van der Waals surface area contributed by atoms with Crippen molar-refractivity contribution in [2.45, 2.75) is 20.8 Å².